The molecule has 0 bridgehead atoms. The van der Waals surface area contributed by atoms with Gasteiger partial charge in [-0.05, 0) is 17.7 Å². The first-order chi connectivity index (χ1) is 6.65. The fourth-order valence-corrected chi connectivity index (χ4v) is 0.943. The molecular weight excluding hydrogens is 190 g/mol. The van der Waals surface area contributed by atoms with E-state index in [1.165, 1.54) is 12.1 Å². The average Bonchev–Trinajstić information content (AvgIpc) is 2.14. The third kappa shape index (κ3) is 2.19. The van der Waals surface area contributed by atoms with E-state index in [9.17, 15) is 20.0 Å². The summed E-state index contributed by atoms with van der Waals surface area (Å²) in [7, 11) is 0. The maximum Gasteiger partial charge on any atom is 0.310 e. The van der Waals surface area contributed by atoms with Crippen LogP contribution in [0.4, 0.5) is 5.69 Å². The zero-order valence-electron chi connectivity index (χ0n) is 7.04. The molecule has 1 aromatic carbocycles. The van der Waals surface area contributed by atoms with Gasteiger partial charge in [-0.1, -0.05) is 0 Å². The van der Waals surface area contributed by atoms with Crippen molar-refractivity contribution in [2.24, 2.45) is 0 Å². The number of hydrogen-bond donors (Lipinski definition) is 1. The van der Waals surface area contributed by atoms with E-state index in [-0.39, 0.29) is 18.8 Å². The quantitative estimate of drug-likeness (QED) is 0.441. The Hall–Kier alpha value is -2.11. The standard InChI is InChI=1S/C8H7NO5/c10-5-14-4-6-1-2-7(9(12)13)8(11)3-6/h1-3,5,11H,4H2. The number of hydrogen-bond acceptors (Lipinski definition) is 5. The minimum Gasteiger partial charge on any atom is -0.502 e. The van der Waals surface area contributed by atoms with Crippen LogP contribution in [0, 0.1) is 10.1 Å². The van der Waals surface area contributed by atoms with Gasteiger partial charge in [-0.3, -0.25) is 14.9 Å². The largest absolute Gasteiger partial charge is 0.502 e. The fraction of sp³-hybridized carbons (Fsp3) is 0.125. The van der Waals surface area contributed by atoms with Gasteiger partial charge in [0.05, 0.1) is 4.92 Å². The second-order valence-electron chi connectivity index (χ2n) is 2.49. The molecule has 1 aromatic rings. The third-order valence-corrected chi connectivity index (χ3v) is 1.55. The lowest BCUT2D eigenvalue weighted by atomic mass is 10.2. The summed E-state index contributed by atoms with van der Waals surface area (Å²) in [5, 5.41) is 19.5. The molecule has 0 aliphatic carbocycles. The number of phenols is 1. The van der Waals surface area contributed by atoms with Crippen molar-refractivity contribution in [3.63, 3.8) is 0 Å². The van der Waals surface area contributed by atoms with Gasteiger partial charge in [-0.15, -0.1) is 0 Å². The first-order valence-corrected chi connectivity index (χ1v) is 3.66. The first-order valence-electron chi connectivity index (χ1n) is 3.66. The molecule has 0 aliphatic heterocycles. The van der Waals surface area contributed by atoms with Gasteiger partial charge < -0.3 is 9.84 Å². The number of carbonyl (C=O) groups is 1. The second kappa shape index (κ2) is 4.22. The Morgan fingerprint density at radius 1 is 1.57 bits per heavy atom. The molecule has 0 fully saturated rings. The molecule has 6 nitrogen and oxygen atoms in total. The highest BCUT2D eigenvalue weighted by molar-refractivity contribution is 5.47. The normalized spacial score (nSPS) is 9.43. The molecule has 0 aliphatic rings. The van der Waals surface area contributed by atoms with Gasteiger partial charge in [0.25, 0.3) is 6.47 Å². The Balaban J connectivity index is 2.88. The molecule has 74 valence electrons. The van der Waals surface area contributed by atoms with Gasteiger partial charge in [0.1, 0.15) is 6.61 Å². The Morgan fingerprint density at radius 3 is 2.79 bits per heavy atom. The molecule has 0 atom stereocenters. The van der Waals surface area contributed by atoms with Crippen molar-refractivity contribution in [1.29, 1.82) is 0 Å². The van der Waals surface area contributed by atoms with E-state index in [4.69, 9.17) is 0 Å². The predicted octanol–water partition coefficient (Wildman–Crippen LogP) is 0.973. The van der Waals surface area contributed by atoms with Crippen molar-refractivity contribution < 1.29 is 19.6 Å². The first kappa shape index (κ1) is 9.97. The molecule has 0 aromatic heterocycles. The van der Waals surface area contributed by atoms with Crippen LogP contribution in [-0.2, 0) is 16.1 Å². The van der Waals surface area contributed by atoms with Crippen LogP contribution in [0.25, 0.3) is 0 Å². The molecule has 0 saturated heterocycles. The third-order valence-electron chi connectivity index (χ3n) is 1.55. The van der Waals surface area contributed by atoms with Crippen LogP contribution in [0.15, 0.2) is 18.2 Å². The summed E-state index contributed by atoms with van der Waals surface area (Å²) in [6, 6.07) is 3.74. The SMILES string of the molecule is O=COCc1ccc([N+](=O)[O-])c(O)c1. The van der Waals surface area contributed by atoms with Gasteiger partial charge in [0, 0.05) is 6.07 Å². The summed E-state index contributed by atoms with van der Waals surface area (Å²) in [5.74, 6) is -0.443. The molecule has 1 rings (SSSR count). The predicted molar refractivity (Wildman–Crippen MR) is 45.6 cm³/mol. The fourth-order valence-electron chi connectivity index (χ4n) is 0.943. The zero-order valence-corrected chi connectivity index (χ0v) is 7.04. The van der Waals surface area contributed by atoms with Crippen molar-refractivity contribution in [1.82, 2.24) is 0 Å². The Morgan fingerprint density at radius 2 is 2.29 bits per heavy atom. The van der Waals surface area contributed by atoms with Crippen molar-refractivity contribution in [2.45, 2.75) is 6.61 Å². The molecule has 14 heavy (non-hydrogen) atoms. The van der Waals surface area contributed by atoms with Gasteiger partial charge in [-0.25, -0.2) is 0 Å². The maximum absolute atomic E-state index is 10.3. The summed E-state index contributed by atoms with van der Waals surface area (Å²) < 4.78 is 4.41. The molecule has 0 saturated carbocycles. The van der Waals surface area contributed by atoms with Crippen molar-refractivity contribution in [3.8, 4) is 5.75 Å². The number of carbonyl (C=O) groups excluding carboxylic acids is 1. The van der Waals surface area contributed by atoms with Crippen molar-refractivity contribution >= 4 is 12.2 Å². The molecular formula is C8H7NO5. The van der Waals surface area contributed by atoms with Crippen LogP contribution in [-0.4, -0.2) is 16.5 Å². The van der Waals surface area contributed by atoms with Crippen LogP contribution in [0.3, 0.4) is 0 Å². The Bertz CT molecular complexity index is 363. The number of aromatic hydroxyl groups is 1. The molecule has 0 spiro atoms. The highest BCUT2D eigenvalue weighted by atomic mass is 16.6. The van der Waals surface area contributed by atoms with E-state index in [1.54, 1.807) is 0 Å². The molecule has 0 amide bonds. The van der Waals surface area contributed by atoms with E-state index in [1.807, 2.05) is 0 Å². The van der Waals surface area contributed by atoms with Crippen LogP contribution in [0.2, 0.25) is 0 Å². The Labute approximate surface area is 78.9 Å². The Kier molecular flexibility index (Phi) is 3.01. The zero-order chi connectivity index (χ0) is 10.6. The van der Waals surface area contributed by atoms with Gasteiger partial charge >= 0.3 is 5.69 Å². The lowest BCUT2D eigenvalue weighted by Crippen LogP contribution is -1.92. The number of phenolic OH excluding ortho intramolecular Hbond substituents is 1. The molecule has 0 unspecified atom stereocenters. The van der Waals surface area contributed by atoms with E-state index in [0.717, 1.165) is 6.07 Å². The van der Waals surface area contributed by atoms with E-state index < -0.39 is 10.7 Å². The van der Waals surface area contributed by atoms with Crippen molar-refractivity contribution in [2.75, 3.05) is 0 Å². The van der Waals surface area contributed by atoms with Crippen LogP contribution >= 0.6 is 0 Å². The van der Waals surface area contributed by atoms with E-state index >= 15 is 0 Å². The number of rotatable bonds is 4. The van der Waals surface area contributed by atoms with Gasteiger partial charge in [0.15, 0.2) is 5.75 Å². The van der Waals surface area contributed by atoms with Gasteiger partial charge in [-0.2, -0.15) is 0 Å². The van der Waals surface area contributed by atoms with Crippen LogP contribution < -0.4 is 0 Å². The smallest absolute Gasteiger partial charge is 0.310 e. The summed E-state index contributed by atoms with van der Waals surface area (Å²) in [5.41, 5.74) is 0.111. The van der Waals surface area contributed by atoms with Crippen molar-refractivity contribution in [3.05, 3.63) is 33.9 Å². The number of ether oxygens (including phenoxy) is 1. The topological polar surface area (TPSA) is 89.7 Å². The molecule has 1 N–H and O–H groups in total. The summed E-state index contributed by atoms with van der Waals surface area (Å²) in [6.07, 6.45) is 0. The number of nitro groups is 1. The van der Waals surface area contributed by atoms with E-state index in [2.05, 4.69) is 4.74 Å². The lowest BCUT2D eigenvalue weighted by Gasteiger charge is -2.00. The minimum atomic E-state index is -0.695. The monoisotopic (exact) mass is 197 g/mol. The number of nitro benzene ring substituents is 1. The number of benzene rings is 1. The van der Waals surface area contributed by atoms with E-state index in [0.29, 0.717) is 5.56 Å². The van der Waals surface area contributed by atoms with Crippen LogP contribution in [0.1, 0.15) is 5.56 Å². The highest BCUT2D eigenvalue weighted by Crippen LogP contribution is 2.26. The second-order valence-corrected chi connectivity index (χ2v) is 2.49. The van der Waals surface area contributed by atoms with Crippen LogP contribution in [0.5, 0.6) is 5.75 Å². The summed E-state index contributed by atoms with van der Waals surface area (Å²) >= 11 is 0. The lowest BCUT2D eigenvalue weighted by molar-refractivity contribution is -0.385. The minimum absolute atomic E-state index is 0.0188. The number of nitrogens with zero attached hydrogens (tertiary/aromatic N) is 1. The highest BCUT2D eigenvalue weighted by Gasteiger charge is 2.12. The summed E-state index contributed by atoms with van der Waals surface area (Å²) in [6.45, 7) is 0.244. The molecule has 0 heterocycles. The van der Waals surface area contributed by atoms with Gasteiger partial charge in [0.2, 0.25) is 0 Å². The molecule has 0 radical (unpaired) electrons. The summed E-state index contributed by atoms with van der Waals surface area (Å²) in [4.78, 5) is 19.5. The average molecular weight is 197 g/mol. The maximum atomic E-state index is 10.3. The molecule has 6 heteroatoms.